The van der Waals surface area contributed by atoms with Crippen molar-refractivity contribution in [2.24, 2.45) is 0 Å². The van der Waals surface area contributed by atoms with Crippen LogP contribution in [0.4, 0.5) is 0 Å². The molecule has 5 nitrogen and oxygen atoms in total. The van der Waals surface area contributed by atoms with Crippen molar-refractivity contribution >= 4 is 0 Å². The predicted octanol–water partition coefficient (Wildman–Crippen LogP) is 1.80. The predicted molar refractivity (Wildman–Crippen MR) is 78.2 cm³/mol. The van der Waals surface area contributed by atoms with Crippen molar-refractivity contribution in [3.63, 3.8) is 0 Å². The molecule has 1 aromatic carbocycles. The molecule has 3 aliphatic heterocycles. The molecule has 0 spiro atoms. The van der Waals surface area contributed by atoms with Crippen LogP contribution in [-0.2, 0) is 18.9 Å². The van der Waals surface area contributed by atoms with E-state index in [2.05, 4.69) is 0 Å². The molecule has 0 unspecified atom stereocenters. The molecular formula is C17H22O5. The summed E-state index contributed by atoms with van der Waals surface area (Å²) in [6, 6.07) is 9.95. The van der Waals surface area contributed by atoms with Crippen molar-refractivity contribution in [1.82, 2.24) is 0 Å². The quantitative estimate of drug-likeness (QED) is 0.857. The fraction of sp³-hybridized carbons (Fsp3) is 0.647. The summed E-state index contributed by atoms with van der Waals surface area (Å²) in [6.45, 7) is 2.42. The molecule has 7 atom stereocenters. The number of ether oxygens (including phenoxy) is 4. The van der Waals surface area contributed by atoms with Crippen molar-refractivity contribution in [3.8, 4) is 0 Å². The molecule has 0 amide bonds. The summed E-state index contributed by atoms with van der Waals surface area (Å²) >= 11 is 0. The van der Waals surface area contributed by atoms with E-state index in [1.807, 2.05) is 37.3 Å². The summed E-state index contributed by atoms with van der Waals surface area (Å²) in [5, 5.41) is 9.94. The SMILES string of the molecule is C[C@@H]1O[C@@H]2C[C@@H]3O[C@H](c4ccccc4)OC[C@H]3O[C@H]2C[C@H]1O. The highest BCUT2D eigenvalue weighted by Gasteiger charge is 2.47. The van der Waals surface area contributed by atoms with Crippen LogP contribution in [0.1, 0.15) is 31.6 Å². The van der Waals surface area contributed by atoms with Crippen LogP contribution >= 0.6 is 0 Å². The van der Waals surface area contributed by atoms with Gasteiger partial charge in [0.05, 0.1) is 37.1 Å². The average Bonchev–Trinajstić information content (AvgIpc) is 2.55. The minimum absolute atomic E-state index is 0.00540. The maximum absolute atomic E-state index is 9.94. The molecule has 1 aromatic rings. The number of fused-ring (bicyclic) bond motifs is 2. The number of aliphatic hydroxyl groups excluding tert-OH is 1. The van der Waals surface area contributed by atoms with Crippen LogP contribution in [-0.4, -0.2) is 48.3 Å². The molecule has 1 N–H and O–H groups in total. The second kappa shape index (κ2) is 5.91. The Morgan fingerprint density at radius 3 is 2.45 bits per heavy atom. The molecule has 0 aromatic heterocycles. The van der Waals surface area contributed by atoms with E-state index in [-0.39, 0.29) is 36.8 Å². The van der Waals surface area contributed by atoms with Gasteiger partial charge in [-0.25, -0.2) is 0 Å². The highest BCUT2D eigenvalue weighted by atomic mass is 16.7. The number of hydrogen-bond acceptors (Lipinski definition) is 5. The van der Waals surface area contributed by atoms with Crippen molar-refractivity contribution in [3.05, 3.63) is 35.9 Å². The first-order valence-electron chi connectivity index (χ1n) is 8.01. The Kier molecular flexibility index (Phi) is 3.92. The van der Waals surface area contributed by atoms with Crippen molar-refractivity contribution in [2.75, 3.05) is 6.61 Å². The zero-order chi connectivity index (χ0) is 15.1. The first-order valence-corrected chi connectivity index (χ1v) is 8.01. The van der Waals surface area contributed by atoms with E-state index < -0.39 is 6.10 Å². The number of benzene rings is 1. The van der Waals surface area contributed by atoms with Gasteiger partial charge in [-0.05, 0) is 6.92 Å². The summed E-state index contributed by atoms with van der Waals surface area (Å²) < 4.78 is 23.9. The molecule has 5 heteroatoms. The van der Waals surface area contributed by atoms with Crippen LogP contribution in [0, 0.1) is 0 Å². The molecule has 3 heterocycles. The van der Waals surface area contributed by atoms with Gasteiger partial charge in [-0.3, -0.25) is 0 Å². The Morgan fingerprint density at radius 1 is 0.909 bits per heavy atom. The lowest BCUT2D eigenvalue weighted by molar-refractivity contribution is -0.320. The van der Waals surface area contributed by atoms with Crippen molar-refractivity contribution < 1.29 is 24.1 Å². The lowest BCUT2D eigenvalue weighted by atomic mass is 9.90. The molecule has 0 aliphatic carbocycles. The summed E-state index contributed by atoms with van der Waals surface area (Å²) in [5.41, 5.74) is 1.02. The second-order valence-corrected chi connectivity index (χ2v) is 6.38. The molecular weight excluding hydrogens is 284 g/mol. The Morgan fingerprint density at radius 2 is 1.64 bits per heavy atom. The molecule has 4 rings (SSSR count). The zero-order valence-electron chi connectivity index (χ0n) is 12.6. The topological polar surface area (TPSA) is 57.2 Å². The summed E-state index contributed by atoms with van der Waals surface area (Å²) in [4.78, 5) is 0. The van der Waals surface area contributed by atoms with Gasteiger partial charge in [0.25, 0.3) is 0 Å². The van der Waals surface area contributed by atoms with Gasteiger partial charge in [0.1, 0.15) is 6.10 Å². The highest BCUT2D eigenvalue weighted by molar-refractivity contribution is 5.16. The first kappa shape index (κ1) is 14.6. The fourth-order valence-corrected chi connectivity index (χ4v) is 3.53. The summed E-state index contributed by atoms with van der Waals surface area (Å²) in [7, 11) is 0. The Hall–Kier alpha value is -0.980. The van der Waals surface area contributed by atoms with Gasteiger partial charge < -0.3 is 24.1 Å². The van der Waals surface area contributed by atoms with E-state index >= 15 is 0 Å². The molecule has 0 radical (unpaired) electrons. The van der Waals surface area contributed by atoms with Crippen LogP contribution in [0.2, 0.25) is 0 Å². The van der Waals surface area contributed by atoms with Crippen molar-refractivity contribution in [1.29, 1.82) is 0 Å². The molecule has 3 aliphatic rings. The minimum atomic E-state index is -0.458. The minimum Gasteiger partial charge on any atom is -0.390 e. The molecule has 22 heavy (non-hydrogen) atoms. The van der Waals surface area contributed by atoms with Crippen LogP contribution in [0.15, 0.2) is 30.3 Å². The smallest absolute Gasteiger partial charge is 0.184 e. The first-order chi connectivity index (χ1) is 10.7. The molecule has 0 bridgehead atoms. The summed E-state index contributed by atoms with van der Waals surface area (Å²) in [5.74, 6) is 0. The molecule has 0 saturated carbocycles. The van der Waals surface area contributed by atoms with Crippen molar-refractivity contribution in [2.45, 2.75) is 62.7 Å². The maximum Gasteiger partial charge on any atom is 0.184 e. The van der Waals surface area contributed by atoms with Crippen LogP contribution in [0.3, 0.4) is 0 Å². The monoisotopic (exact) mass is 306 g/mol. The zero-order valence-corrected chi connectivity index (χ0v) is 12.6. The third kappa shape index (κ3) is 2.68. The maximum atomic E-state index is 9.94. The molecule has 3 saturated heterocycles. The largest absolute Gasteiger partial charge is 0.390 e. The Bertz CT molecular complexity index is 507. The standard InChI is InChI=1S/C17H22O5/c1-10-12(18)7-13-14(20-10)8-15-16(21-13)9-19-17(22-15)11-5-3-2-4-6-11/h2-6,10,12-18H,7-9H2,1H3/t10-,12+,13-,14+,15-,16+,17+/m0/s1. The molecule has 120 valence electrons. The highest BCUT2D eigenvalue weighted by Crippen LogP contribution is 2.38. The van der Waals surface area contributed by atoms with Gasteiger partial charge in [0, 0.05) is 18.4 Å². The third-order valence-corrected chi connectivity index (χ3v) is 4.83. The lowest BCUT2D eigenvalue weighted by Crippen LogP contribution is -2.58. The number of rotatable bonds is 1. The van der Waals surface area contributed by atoms with Crippen LogP contribution in [0.25, 0.3) is 0 Å². The van der Waals surface area contributed by atoms with Gasteiger partial charge >= 0.3 is 0 Å². The second-order valence-electron chi connectivity index (χ2n) is 6.38. The normalized spacial score (nSPS) is 44.9. The van der Waals surface area contributed by atoms with Crippen LogP contribution < -0.4 is 0 Å². The van der Waals surface area contributed by atoms with Gasteiger partial charge in [-0.15, -0.1) is 0 Å². The van der Waals surface area contributed by atoms with E-state index in [0.717, 1.165) is 12.0 Å². The average molecular weight is 306 g/mol. The van der Waals surface area contributed by atoms with Gasteiger partial charge in [0.2, 0.25) is 0 Å². The van der Waals surface area contributed by atoms with E-state index in [9.17, 15) is 5.11 Å². The van der Waals surface area contributed by atoms with E-state index in [0.29, 0.717) is 13.0 Å². The summed E-state index contributed by atoms with van der Waals surface area (Å²) in [6.07, 6.45) is 0.298. The van der Waals surface area contributed by atoms with Gasteiger partial charge in [0.15, 0.2) is 6.29 Å². The van der Waals surface area contributed by atoms with E-state index in [1.54, 1.807) is 0 Å². The fourth-order valence-electron chi connectivity index (χ4n) is 3.53. The van der Waals surface area contributed by atoms with Gasteiger partial charge in [-0.1, -0.05) is 30.3 Å². The molecule has 3 fully saturated rings. The third-order valence-electron chi connectivity index (χ3n) is 4.83. The van der Waals surface area contributed by atoms with Gasteiger partial charge in [-0.2, -0.15) is 0 Å². The van der Waals surface area contributed by atoms with E-state index in [1.165, 1.54) is 0 Å². The lowest BCUT2D eigenvalue weighted by Gasteiger charge is -2.48. The number of aliphatic hydroxyl groups is 1. The number of hydrogen-bond donors (Lipinski definition) is 1. The van der Waals surface area contributed by atoms with Crippen LogP contribution in [0.5, 0.6) is 0 Å². The Labute approximate surface area is 130 Å². The van der Waals surface area contributed by atoms with E-state index in [4.69, 9.17) is 18.9 Å². The Balaban J connectivity index is 1.45.